The number of nitrogens with zero attached hydrogens (tertiary/aromatic N) is 2. The SMILES string of the molecule is Cn1c([C@H](N)CCO)cc2cc(C#N)c(C(F)(F)F)cc21. The van der Waals surface area contributed by atoms with E-state index in [-0.39, 0.29) is 6.61 Å². The van der Waals surface area contributed by atoms with Crippen LogP contribution in [0.15, 0.2) is 18.2 Å². The molecule has 1 aromatic heterocycles. The van der Waals surface area contributed by atoms with Gasteiger partial charge >= 0.3 is 6.18 Å². The molecule has 0 saturated heterocycles. The quantitative estimate of drug-likeness (QED) is 0.913. The maximum Gasteiger partial charge on any atom is 0.417 e. The van der Waals surface area contributed by atoms with Gasteiger partial charge in [0.1, 0.15) is 0 Å². The number of rotatable bonds is 3. The standard InChI is InChI=1S/C14H14F3N3O/c1-20-12-6-10(14(15,16)17)9(7-18)4-8(12)5-13(20)11(19)2-3-21/h4-6,11,21H,2-3,19H2,1H3/t11-/m1/s1. The highest BCUT2D eigenvalue weighted by Gasteiger charge is 2.34. The van der Waals surface area contributed by atoms with Crippen molar-refractivity contribution >= 4 is 10.9 Å². The Morgan fingerprint density at radius 1 is 1.38 bits per heavy atom. The van der Waals surface area contributed by atoms with Crippen molar-refractivity contribution < 1.29 is 18.3 Å². The molecular weight excluding hydrogens is 283 g/mol. The number of aryl methyl sites for hydroxylation is 1. The molecule has 0 radical (unpaired) electrons. The topological polar surface area (TPSA) is 75.0 Å². The summed E-state index contributed by atoms with van der Waals surface area (Å²) in [5, 5.41) is 18.3. The fourth-order valence-corrected chi connectivity index (χ4v) is 2.38. The van der Waals surface area contributed by atoms with E-state index < -0.39 is 23.3 Å². The number of aliphatic hydroxyl groups excluding tert-OH is 1. The third-order valence-corrected chi connectivity index (χ3v) is 3.46. The Hall–Kier alpha value is -2.04. The van der Waals surface area contributed by atoms with Crippen molar-refractivity contribution in [3.63, 3.8) is 0 Å². The van der Waals surface area contributed by atoms with E-state index in [0.29, 0.717) is 23.0 Å². The van der Waals surface area contributed by atoms with Gasteiger partial charge in [0.05, 0.1) is 17.2 Å². The van der Waals surface area contributed by atoms with E-state index in [1.54, 1.807) is 23.8 Å². The maximum absolute atomic E-state index is 13.0. The van der Waals surface area contributed by atoms with Crippen molar-refractivity contribution in [2.45, 2.75) is 18.6 Å². The second-order valence-electron chi connectivity index (χ2n) is 4.81. The monoisotopic (exact) mass is 297 g/mol. The van der Waals surface area contributed by atoms with Gasteiger partial charge in [-0.25, -0.2) is 0 Å². The molecule has 3 N–H and O–H groups in total. The predicted octanol–water partition coefficient (Wildman–Crippen LogP) is 2.45. The molecule has 0 fully saturated rings. The van der Waals surface area contributed by atoms with Gasteiger partial charge in [0.15, 0.2) is 0 Å². The van der Waals surface area contributed by atoms with E-state index in [2.05, 4.69) is 0 Å². The Morgan fingerprint density at radius 2 is 2.05 bits per heavy atom. The second kappa shape index (κ2) is 5.39. The number of benzene rings is 1. The summed E-state index contributed by atoms with van der Waals surface area (Å²) < 4.78 is 40.5. The lowest BCUT2D eigenvalue weighted by atomic mass is 10.1. The molecule has 0 aliphatic carbocycles. The first-order valence-corrected chi connectivity index (χ1v) is 6.26. The van der Waals surface area contributed by atoms with Gasteiger partial charge in [-0.05, 0) is 24.6 Å². The van der Waals surface area contributed by atoms with E-state index in [9.17, 15) is 13.2 Å². The molecule has 21 heavy (non-hydrogen) atoms. The highest BCUT2D eigenvalue weighted by molar-refractivity contribution is 5.84. The molecule has 4 nitrogen and oxygen atoms in total. The van der Waals surface area contributed by atoms with E-state index in [1.165, 1.54) is 6.07 Å². The van der Waals surface area contributed by atoms with Gasteiger partial charge in [-0.2, -0.15) is 18.4 Å². The van der Waals surface area contributed by atoms with Gasteiger partial charge in [0.2, 0.25) is 0 Å². The fraction of sp³-hybridized carbons (Fsp3) is 0.357. The molecule has 0 unspecified atom stereocenters. The minimum Gasteiger partial charge on any atom is -0.396 e. The lowest BCUT2D eigenvalue weighted by Crippen LogP contribution is -2.15. The molecule has 112 valence electrons. The largest absolute Gasteiger partial charge is 0.417 e. The summed E-state index contributed by atoms with van der Waals surface area (Å²) in [7, 11) is 1.61. The molecule has 0 saturated carbocycles. The van der Waals surface area contributed by atoms with Crippen molar-refractivity contribution in [3.05, 3.63) is 35.0 Å². The molecule has 0 spiro atoms. The molecule has 0 aliphatic rings. The number of nitrogens with two attached hydrogens (primary N) is 1. The molecule has 7 heteroatoms. The van der Waals surface area contributed by atoms with Crippen LogP contribution in [0.4, 0.5) is 13.2 Å². The summed E-state index contributed by atoms with van der Waals surface area (Å²) in [6.45, 7) is -0.111. The van der Waals surface area contributed by atoms with Crippen LogP contribution in [0.25, 0.3) is 10.9 Å². The van der Waals surface area contributed by atoms with Gasteiger partial charge < -0.3 is 15.4 Å². The van der Waals surface area contributed by atoms with Crippen LogP contribution in [0.3, 0.4) is 0 Å². The van der Waals surface area contributed by atoms with Gasteiger partial charge in [-0.3, -0.25) is 0 Å². The zero-order valence-electron chi connectivity index (χ0n) is 11.3. The number of hydrogen-bond donors (Lipinski definition) is 2. The van der Waals surface area contributed by atoms with Gasteiger partial charge in [0.25, 0.3) is 0 Å². The molecule has 1 aromatic carbocycles. The number of halogens is 3. The zero-order valence-corrected chi connectivity index (χ0v) is 11.3. The van der Waals surface area contributed by atoms with Crippen molar-refractivity contribution in [3.8, 4) is 6.07 Å². The van der Waals surface area contributed by atoms with E-state index in [0.717, 1.165) is 6.07 Å². The van der Waals surface area contributed by atoms with Crippen LogP contribution >= 0.6 is 0 Å². The average Bonchev–Trinajstić information content (AvgIpc) is 2.73. The molecule has 0 amide bonds. The van der Waals surface area contributed by atoms with Crippen LogP contribution in [0, 0.1) is 11.3 Å². The third kappa shape index (κ3) is 2.73. The van der Waals surface area contributed by atoms with Crippen LogP contribution in [-0.4, -0.2) is 16.3 Å². The third-order valence-electron chi connectivity index (χ3n) is 3.46. The van der Waals surface area contributed by atoms with E-state index in [1.807, 2.05) is 0 Å². The van der Waals surface area contributed by atoms with E-state index >= 15 is 0 Å². The van der Waals surface area contributed by atoms with Crippen molar-refractivity contribution in [1.82, 2.24) is 4.57 Å². The van der Waals surface area contributed by atoms with Gasteiger partial charge in [0, 0.05) is 36.3 Å². The van der Waals surface area contributed by atoms with E-state index in [4.69, 9.17) is 16.1 Å². The first-order valence-electron chi connectivity index (χ1n) is 6.26. The number of hydrogen-bond acceptors (Lipinski definition) is 3. The smallest absolute Gasteiger partial charge is 0.396 e. The van der Waals surface area contributed by atoms with Gasteiger partial charge in [-0.15, -0.1) is 0 Å². The predicted molar refractivity (Wildman–Crippen MR) is 71.3 cm³/mol. The van der Waals surface area contributed by atoms with Crippen LogP contribution in [0.1, 0.15) is 29.3 Å². The number of aliphatic hydroxyl groups is 1. The zero-order chi connectivity index (χ0) is 15.8. The summed E-state index contributed by atoms with van der Waals surface area (Å²) in [5.41, 5.74) is 5.49. The Morgan fingerprint density at radius 3 is 2.57 bits per heavy atom. The number of fused-ring (bicyclic) bond motifs is 1. The summed E-state index contributed by atoms with van der Waals surface area (Å²) in [5.74, 6) is 0. The highest BCUT2D eigenvalue weighted by atomic mass is 19.4. The summed E-state index contributed by atoms with van der Waals surface area (Å²) in [4.78, 5) is 0. The van der Waals surface area contributed by atoms with Crippen LogP contribution < -0.4 is 5.73 Å². The normalized spacial score (nSPS) is 13.4. The second-order valence-corrected chi connectivity index (χ2v) is 4.81. The summed E-state index contributed by atoms with van der Waals surface area (Å²) >= 11 is 0. The Kier molecular flexibility index (Phi) is 3.94. The Bertz CT molecular complexity index is 713. The number of alkyl halides is 3. The van der Waals surface area contributed by atoms with Crippen molar-refractivity contribution in [1.29, 1.82) is 5.26 Å². The molecule has 1 atom stereocenters. The van der Waals surface area contributed by atoms with Crippen LogP contribution in [0.2, 0.25) is 0 Å². The number of aromatic nitrogens is 1. The lowest BCUT2D eigenvalue weighted by molar-refractivity contribution is -0.137. The minimum atomic E-state index is -4.59. The first-order chi connectivity index (χ1) is 9.79. The molecule has 0 aliphatic heterocycles. The fourth-order valence-electron chi connectivity index (χ4n) is 2.38. The highest BCUT2D eigenvalue weighted by Crippen LogP contribution is 2.35. The molecule has 0 bridgehead atoms. The van der Waals surface area contributed by atoms with Crippen molar-refractivity contribution in [2.75, 3.05) is 6.61 Å². The number of nitriles is 1. The molecular formula is C14H14F3N3O. The van der Waals surface area contributed by atoms with Crippen LogP contribution in [-0.2, 0) is 13.2 Å². The Labute approximate surface area is 119 Å². The average molecular weight is 297 g/mol. The maximum atomic E-state index is 13.0. The summed E-state index contributed by atoms with van der Waals surface area (Å²) in [6, 6.07) is 4.92. The minimum absolute atomic E-state index is 0.111. The molecule has 1 heterocycles. The van der Waals surface area contributed by atoms with Crippen LogP contribution in [0.5, 0.6) is 0 Å². The first kappa shape index (κ1) is 15.4. The Balaban J connectivity index is 2.68. The lowest BCUT2D eigenvalue weighted by Gasteiger charge is -2.12. The molecule has 2 rings (SSSR count). The van der Waals surface area contributed by atoms with Crippen molar-refractivity contribution in [2.24, 2.45) is 12.8 Å². The summed E-state index contributed by atoms with van der Waals surface area (Å²) in [6.07, 6.45) is -4.28. The molecule has 2 aromatic rings. The van der Waals surface area contributed by atoms with Gasteiger partial charge in [-0.1, -0.05) is 0 Å².